The Hall–Kier alpha value is -2.00. The predicted molar refractivity (Wildman–Crippen MR) is 83.9 cm³/mol. The molecule has 0 amide bonds. The molecule has 0 aromatic heterocycles. The van der Waals surface area contributed by atoms with Crippen LogP contribution in [0.25, 0.3) is 0 Å². The lowest BCUT2D eigenvalue weighted by Crippen LogP contribution is -2.27. The lowest BCUT2D eigenvalue weighted by Gasteiger charge is -2.26. The topological polar surface area (TPSA) is 21.7 Å². The number of likely N-dealkylation sites (N-methyl/N-ethyl adjacent to an activating group) is 1. The third-order valence-electron chi connectivity index (χ3n) is 3.77. The summed E-state index contributed by atoms with van der Waals surface area (Å²) in [7, 11) is 2.15. The van der Waals surface area contributed by atoms with Gasteiger partial charge < -0.3 is 14.4 Å². The molecule has 0 fully saturated rings. The predicted octanol–water partition coefficient (Wildman–Crippen LogP) is 3.13. The van der Waals surface area contributed by atoms with Crippen molar-refractivity contribution in [2.45, 2.75) is 13.0 Å². The molecule has 1 aliphatic rings. The molecule has 3 rings (SSSR count). The van der Waals surface area contributed by atoms with E-state index in [2.05, 4.69) is 30.1 Å². The lowest BCUT2D eigenvalue weighted by molar-refractivity contribution is 0.212. The summed E-state index contributed by atoms with van der Waals surface area (Å²) in [6, 6.07) is 16.2. The van der Waals surface area contributed by atoms with Gasteiger partial charge in [-0.3, -0.25) is 0 Å². The molecule has 0 atom stereocenters. The van der Waals surface area contributed by atoms with Gasteiger partial charge in [-0.15, -0.1) is 0 Å². The summed E-state index contributed by atoms with van der Waals surface area (Å²) < 4.78 is 11.6. The Morgan fingerprint density at radius 3 is 2.62 bits per heavy atom. The van der Waals surface area contributed by atoms with Crippen molar-refractivity contribution in [1.29, 1.82) is 0 Å². The molecular weight excluding hydrogens is 262 g/mol. The summed E-state index contributed by atoms with van der Waals surface area (Å²) in [5, 5.41) is 0. The van der Waals surface area contributed by atoms with E-state index >= 15 is 0 Å². The van der Waals surface area contributed by atoms with Gasteiger partial charge in [0.15, 0.2) is 0 Å². The molecule has 0 radical (unpaired) electrons. The van der Waals surface area contributed by atoms with Crippen LogP contribution in [0.3, 0.4) is 0 Å². The van der Waals surface area contributed by atoms with E-state index in [1.54, 1.807) is 0 Å². The van der Waals surface area contributed by atoms with Gasteiger partial charge in [0.2, 0.25) is 0 Å². The van der Waals surface area contributed by atoms with Crippen LogP contribution < -0.4 is 9.47 Å². The molecule has 2 aromatic carbocycles. The highest BCUT2D eigenvalue weighted by Crippen LogP contribution is 2.27. The molecule has 3 nitrogen and oxygen atoms in total. The highest BCUT2D eigenvalue weighted by atomic mass is 16.5. The highest BCUT2D eigenvalue weighted by molar-refractivity contribution is 5.41. The van der Waals surface area contributed by atoms with E-state index in [-0.39, 0.29) is 0 Å². The van der Waals surface area contributed by atoms with Crippen molar-refractivity contribution < 1.29 is 9.47 Å². The van der Waals surface area contributed by atoms with E-state index in [0.717, 1.165) is 31.0 Å². The van der Waals surface area contributed by atoms with Crippen LogP contribution in [-0.4, -0.2) is 31.7 Å². The Bertz CT molecular complexity index is 583. The Labute approximate surface area is 126 Å². The molecule has 3 heteroatoms. The van der Waals surface area contributed by atoms with Crippen molar-refractivity contribution >= 4 is 0 Å². The maximum absolute atomic E-state index is 5.92. The first-order valence-corrected chi connectivity index (χ1v) is 7.43. The Morgan fingerprint density at radius 1 is 0.952 bits per heavy atom. The minimum Gasteiger partial charge on any atom is -0.490 e. The summed E-state index contributed by atoms with van der Waals surface area (Å²) in [6.07, 6.45) is 1.10. The number of benzene rings is 2. The normalized spacial score (nSPS) is 14.5. The zero-order valence-electron chi connectivity index (χ0n) is 12.4. The maximum Gasteiger partial charge on any atom is 0.124 e. The summed E-state index contributed by atoms with van der Waals surface area (Å²) in [5.41, 5.74) is 2.74. The molecule has 21 heavy (non-hydrogen) atoms. The molecule has 0 spiro atoms. The molecule has 1 heterocycles. The maximum atomic E-state index is 5.92. The first kappa shape index (κ1) is 14.0. The van der Waals surface area contributed by atoms with Crippen molar-refractivity contribution in [2.24, 2.45) is 0 Å². The number of hydrogen-bond donors (Lipinski definition) is 0. The van der Waals surface area contributed by atoms with Crippen LogP contribution in [0.15, 0.2) is 48.5 Å². The third-order valence-corrected chi connectivity index (χ3v) is 3.77. The fourth-order valence-corrected chi connectivity index (χ4v) is 2.65. The number of fused-ring (bicyclic) bond motifs is 1. The summed E-state index contributed by atoms with van der Waals surface area (Å²) in [4.78, 5) is 2.33. The van der Waals surface area contributed by atoms with Gasteiger partial charge in [-0.2, -0.15) is 0 Å². The van der Waals surface area contributed by atoms with Crippen molar-refractivity contribution in [3.8, 4) is 11.5 Å². The van der Waals surface area contributed by atoms with Gasteiger partial charge in [0.1, 0.15) is 24.7 Å². The van der Waals surface area contributed by atoms with Crippen LogP contribution in [0, 0.1) is 0 Å². The lowest BCUT2D eigenvalue weighted by atomic mass is 9.99. The molecule has 0 bridgehead atoms. The molecule has 1 aliphatic heterocycles. The van der Waals surface area contributed by atoms with Crippen LogP contribution in [0.4, 0.5) is 0 Å². The number of nitrogens with zero attached hydrogens (tertiary/aromatic N) is 1. The summed E-state index contributed by atoms with van der Waals surface area (Å²) in [6.45, 7) is 3.21. The Balaban J connectivity index is 1.56. The minimum absolute atomic E-state index is 0.559. The highest BCUT2D eigenvalue weighted by Gasteiger charge is 2.16. The zero-order chi connectivity index (χ0) is 14.5. The van der Waals surface area contributed by atoms with E-state index in [1.165, 1.54) is 11.1 Å². The molecular formula is C18H21NO2. The first-order chi connectivity index (χ1) is 10.3. The van der Waals surface area contributed by atoms with Gasteiger partial charge in [-0.1, -0.05) is 30.3 Å². The van der Waals surface area contributed by atoms with Crippen LogP contribution in [0.1, 0.15) is 11.1 Å². The van der Waals surface area contributed by atoms with Gasteiger partial charge in [0.05, 0.1) is 0 Å². The van der Waals surface area contributed by atoms with Gasteiger partial charge in [-0.05, 0) is 37.2 Å². The van der Waals surface area contributed by atoms with Gasteiger partial charge in [0.25, 0.3) is 0 Å². The monoisotopic (exact) mass is 283 g/mol. The van der Waals surface area contributed by atoms with Crippen LogP contribution in [-0.2, 0) is 13.0 Å². The number of rotatable bonds is 5. The van der Waals surface area contributed by atoms with Crippen LogP contribution >= 0.6 is 0 Å². The largest absolute Gasteiger partial charge is 0.490 e. The smallest absolute Gasteiger partial charge is 0.124 e. The minimum atomic E-state index is 0.559. The molecule has 110 valence electrons. The quantitative estimate of drug-likeness (QED) is 0.787. The molecule has 0 unspecified atom stereocenters. The molecule has 0 N–H and O–H groups in total. The fourth-order valence-electron chi connectivity index (χ4n) is 2.65. The summed E-state index contributed by atoms with van der Waals surface area (Å²) in [5.74, 6) is 1.88. The molecule has 2 aromatic rings. The van der Waals surface area contributed by atoms with Gasteiger partial charge in [0, 0.05) is 18.7 Å². The Morgan fingerprint density at radius 2 is 1.76 bits per heavy atom. The Kier molecular flexibility index (Phi) is 4.41. The van der Waals surface area contributed by atoms with E-state index in [1.807, 2.05) is 30.3 Å². The van der Waals surface area contributed by atoms with Crippen LogP contribution in [0.5, 0.6) is 11.5 Å². The van der Waals surface area contributed by atoms with Crippen molar-refractivity contribution in [3.63, 3.8) is 0 Å². The van der Waals surface area contributed by atoms with Gasteiger partial charge >= 0.3 is 0 Å². The number of hydrogen-bond acceptors (Lipinski definition) is 3. The zero-order valence-corrected chi connectivity index (χ0v) is 12.4. The second-order valence-corrected chi connectivity index (χ2v) is 5.39. The van der Waals surface area contributed by atoms with E-state index in [4.69, 9.17) is 9.47 Å². The average molecular weight is 283 g/mol. The fraction of sp³-hybridized carbons (Fsp3) is 0.333. The van der Waals surface area contributed by atoms with E-state index in [9.17, 15) is 0 Å². The van der Waals surface area contributed by atoms with Crippen molar-refractivity contribution in [3.05, 3.63) is 59.7 Å². The molecule has 0 saturated heterocycles. The molecule has 0 aliphatic carbocycles. The van der Waals surface area contributed by atoms with E-state index < -0.39 is 0 Å². The standard InChI is InChI=1S/C18H21NO2/c1-19-11-10-15-6-5-9-18(17(15)14-19)21-13-12-20-16-7-3-2-4-8-16/h2-9H,10-14H2,1H3. The van der Waals surface area contributed by atoms with Crippen molar-refractivity contribution in [1.82, 2.24) is 4.90 Å². The first-order valence-electron chi connectivity index (χ1n) is 7.43. The van der Waals surface area contributed by atoms with E-state index in [0.29, 0.717) is 13.2 Å². The SMILES string of the molecule is CN1CCc2cccc(OCCOc3ccccc3)c2C1. The number of ether oxygens (including phenoxy) is 2. The second kappa shape index (κ2) is 6.64. The number of para-hydroxylation sites is 1. The summed E-state index contributed by atoms with van der Waals surface area (Å²) >= 11 is 0. The van der Waals surface area contributed by atoms with Crippen LogP contribution in [0.2, 0.25) is 0 Å². The van der Waals surface area contributed by atoms with Crippen molar-refractivity contribution in [2.75, 3.05) is 26.8 Å². The second-order valence-electron chi connectivity index (χ2n) is 5.39. The third kappa shape index (κ3) is 3.56. The molecule has 0 saturated carbocycles. The average Bonchev–Trinajstić information content (AvgIpc) is 2.53. The van der Waals surface area contributed by atoms with Gasteiger partial charge in [-0.25, -0.2) is 0 Å².